The van der Waals surface area contributed by atoms with Crippen LogP contribution >= 0.6 is 0 Å². The van der Waals surface area contributed by atoms with Crippen molar-refractivity contribution < 1.29 is 27.8 Å². The lowest BCUT2D eigenvalue weighted by atomic mass is 9.95. The Morgan fingerprint density at radius 3 is 1.85 bits per heavy atom. The van der Waals surface area contributed by atoms with Crippen molar-refractivity contribution in [1.29, 1.82) is 0 Å². The molecule has 0 unspecified atom stereocenters. The van der Waals surface area contributed by atoms with Crippen LogP contribution in [0.2, 0.25) is 0 Å². The first-order chi connectivity index (χ1) is 12.9. The fourth-order valence-electron chi connectivity index (χ4n) is 2.28. The topological polar surface area (TPSA) is 78.6 Å². The van der Waals surface area contributed by atoms with Crippen molar-refractivity contribution in [2.45, 2.75) is 38.0 Å². The van der Waals surface area contributed by atoms with E-state index in [1.807, 2.05) is 6.07 Å². The van der Waals surface area contributed by atoms with Crippen LogP contribution < -0.4 is 5.73 Å². The van der Waals surface area contributed by atoms with Gasteiger partial charge in [0.2, 0.25) is 0 Å². The Morgan fingerprint density at radius 1 is 0.889 bits per heavy atom. The second-order valence-electron chi connectivity index (χ2n) is 6.05. The number of esters is 2. The maximum Gasteiger partial charge on any atom is 0.332 e. The van der Waals surface area contributed by atoms with Crippen molar-refractivity contribution in [2.24, 2.45) is 5.73 Å². The van der Waals surface area contributed by atoms with Gasteiger partial charge < -0.3 is 15.2 Å². The number of halogens is 2. The zero-order valence-electron chi connectivity index (χ0n) is 14.6. The molecule has 0 radical (unpaired) electrons. The Balaban J connectivity index is 1.86. The lowest BCUT2D eigenvalue weighted by Gasteiger charge is -2.26. The van der Waals surface area contributed by atoms with Gasteiger partial charge >= 0.3 is 11.9 Å². The minimum atomic E-state index is -3.18. The molecule has 2 aromatic carbocycles. The highest BCUT2D eigenvalue weighted by atomic mass is 19.3. The van der Waals surface area contributed by atoms with E-state index in [4.69, 9.17) is 15.2 Å². The van der Waals surface area contributed by atoms with E-state index < -0.39 is 36.7 Å². The summed E-state index contributed by atoms with van der Waals surface area (Å²) >= 11 is 0. The third kappa shape index (κ3) is 6.14. The minimum Gasteiger partial charge on any atom is -0.461 e. The SMILES string of the molecule is N[C@](CCC(=O)OCc1ccccc1)(C(=O)OCc1ccccc1)C(F)F. The van der Waals surface area contributed by atoms with E-state index in [0.717, 1.165) is 5.56 Å². The molecule has 0 aliphatic heterocycles. The second kappa shape index (κ2) is 9.78. The Morgan fingerprint density at radius 2 is 1.37 bits per heavy atom. The molecule has 0 aliphatic rings. The highest BCUT2D eigenvalue weighted by Gasteiger charge is 2.45. The van der Waals surface area contributed by atoms with Crippen LogP contribution in [-0.2, 0) is 32.3 Å². The molecule has 0 saturated heterocycles. The average Bonchev–Trinajstić information content (AvgIpc) is 2.70. The Kier molecular flexibility index (Phi) is 7.43. The largest absolute Gasteiger partial charge is 0.461 e. The molecule has 0 spiro atoms. The zero-order chi connectivity index (χ0) is 19.7. The molecule has 144 valence electrons. The van der Waals surface area contributed by atoms with Crippen LogP contribution in [0, 0.1) is 0 Å². The predicted octanol–water partition coefficient (Wildman–Crippen LogP) is 3.22. The van der Waals surface area contributed by atoms with Crippen LogP contribution in [0.3, 0.4) is 0 Å². The lowest BCUT2D eigenvalue weighted by molar-refractivity contribution is -0.159. The molecule has 5 nitrogen and oxygen atoms in total. The third-order valence-electron chi connectivity index (χ3n) is 3.97. The number of ether oxygens (including phenoxy) is 2. The second-order valence-corrected chi connectivity index (χ2v) is 6.05. The molecule has 0 saturated carbocycles. The number of hydrogen-bond acceptors (Lipinski definition) is 5. The molecule has 0 aliphatic carbocycles. The normalized spacial score (nSPS) is 13.0. The van der Waals surface area contributed by atoms with Gasteiger partial charge in [-0.2, -0.15) is 0 Å². The summed E-state index contributed by atoms with van der Waals surface area (Å²) in [5.41, 5.74) is 4.41. The maximum atomic E-state index is 13.4. The summed E-state index contributed by atoms with van der Waals surface area (Å²) in [4.78, 5) is 23.9. The van der Waals surface area contributed by atoms with Gasteiger partial charge in [0, 0.05) is 6.42 Å². The zero-order valence-corrected chi connectivity index (χ0v) is 14.6. The van der Waals surface area contributed by atoms with Gasteiger partial charge in [0.05, 0.1) is 0 Å². The molecule has 2 aromatic rings. The van der Waals surface area contributed by atoms with E-state index in [0.29, 0.717) is 5.56 Å². The van der Waals surface area contributed by atoms with Crippen LogP contribution in [-0.4, -0.2) is 23.9 Å². The summed E-state index contributed by atoms with van der Waals surface area (Å²) in [6.45, 7) is -0.159. The van der Waals surface area contributed by atoms with Gasteiger partial charge in [0.15, 0.2) is 5.54 Å². The number of nitrogens with two attached hydrogens (primary N) is 1. The highest BCUT2D eigenvalue weighted by Crippen LogP contribution is 2.22. The number of hydrogen-bond donors (Lipinski definition) is 1. The smallest absolute Gasteiger partial charge is 0.332 e. The van der Waals surface area contributed by atoms with Crippen molar-refractivity contribution in [2.75, 3.05) is 0 Å². The standard InChI is InChI=1S/C20H21F2NO4/c21-18(22)20(23,19(25)27-14-16-9-5-2-6-10-16)12-11-17(24)26-13-15-7-3-1-4-8-15/h1-10,18H,11-14,23H2/t20-/m0/s1. The first kappa shape index (κ1) is 20.5. The number of benzene rings is 2. The van der Waals surface area contributed by atoms with Crippen LogP contribution in [0.5, 0.6) is 0 Å². The summed E-state index contributed by atoms with van der Waals surface area (Å²) in [5.74, 6) is -1.97. The van der Waals surface area contributed by atoms with Gasteiger partial charge in [-0.1, -0.05) is 60.7 Å². The van der Waals surface area contributed by atoms with Gasteiger partial charge in [-0.25, -0.2) is 13.6 Å². The van der Waals surface area contributed by atoms with Crippen LogP contribution in [0.25, 0.3) is 0 Å². The Labute approximate surface area is 156 Å². The van der Waals surface area contributed by atoms with Crippen molar-refractivity contribution in [1.82, 2.24) is 0 Å². The molecule has 1 atom stereocenters. The van der Waals surface area contributed by atoms with Gasteiger partial charge in [0.1, 0.15) is 13.2 Å². The van der Waals surface area contributed by atoms with Crippen molar-refractivity contribution in [3.8, 4) is 0 Å². The fraction of sp³-hybridized carbons (Fsp3) is 0.300. The lowest BCUT2D eigenvalue weighted by Crippen LogP contribution is -2.55. The number of carbonyl (C=O) groups excluding carboxylic acids is 2. The highest BCUT2D eigenvalue weighted by molar-refractivity contribution is 5.82. The first-order valence-corrected chi connectivity index (χ1v) is 8.39. The monoisotopic (exact) mass is 377 g/mol. The van der Waals surface area contributed by atoms with E-state index in [-0.39, 0.29) is 13.2 Å². The molecular weight excluding hydrogens is 356 g/mol. The quantitative estimate of drug-likeness (QED) is 0.679. The summed E-state index contributed by atoms with van der Waals surface area (Å²) in [5, 5.41) is 0. The molecule has 0 bridgehead atoms. The summed E-state index contributed by atoms with van der Waals surface area (Å²) in [6.07, 6.45) is -4.18. The van der Waals surface area contributed by atoms with Gasteiger partial charge in [-0.15, -0.1) is 0 Å². The van der Waals surface area contributed by atoms with E-state index in [2.05, 4.69) is 0 Å². The molecule has 0 amide bonds. The molecule has 2 rings (SSSR count). The Bertz CT molecular complexity index is 740. The van der Waals surface area contributed by atoms with E-state index in [9.17, 15) is 18.4 Å². The third-order valence-corrected chi connectivity index (χ3v) is 3.97. The Hall–Kier alpha value is -2.80. The maximum absolute atomic E-state index is 13.4. The van der Waals surface area contributed by atoms with Crippen molar-refractivity contribution in [3.63, 3.8) is 0 Å². The number of alkyl halides is 2. The van der Waals surface area contributed by atoms with E-state index in [1.165, 1.54) is 0 Å². The molecule has 2 N–H and O–H groups in total. The molecule has 0 aromatic heterocycles. The molecule has 27 heavy (non-hydrogen) atoms. The van der Waals surface area contributed by atoms with Crippen LogP contribution in [0.15, 0.2) is 60.7 Å². The first-order valence-electron chi connectivity index (χ1n) is 8.39. The molecule has 0 fully saturated rings. The molecule has 0 heterocycles. The van der Waals surface area contributed by atoms with Crippen LogP contribution in [0.1, 0.15) is 24.0 Å². The van der Waals surface area contributed by atoms with Crippen LogP contribution in [0.4, 0.5) is 8.78 Å². The number of carbonyl (C=O) groups is 2. The van der Waals surface area contributed by atoms with Crippen molar-refractivity contribution >= 4 is 11.9 Å². The fourth-order valence-corrected chi connectivity index (χ4v) is 2.28. The van der Waals surface area contributed by atoms with E-state index in [1.54, 1.807) is 54.6 Å². The predicted molar refractivity (Wildman–Crippen MR) is 94.6 cm³/mol. The molecule has 7 heteroatoms. The van der Waals surface area contributed by atoms with Gasteiger partial charge in [0.25, 0.3) is 6.43 Å². The van der Waals surface area contributed by atoms with Gasteiger partial charge in [-0.05, 0) is 17.5 Å². The molecular formula is C20H21F2NO4. The van der Waals surface area contributed by atoms with E-state index >= 15 is 0 Å². The average molecular weight is 377 g/mol. The summed E-state index contributed by atoms with van der Waals surface area (Å²) in [7, 11) is 0. The number of rotatable bonds is 9. The van der Waals surface area contributed by atoms with Gasteiger partial charge in [-0.3, -0.25) is 4.79 Å². The summed E-state index contributed by atoms with van der Waals surface area (Å²) in [6, 6.07) is 17.5. The summed E-state index contributed by atoms with van der Waals surface area (Å²) < 4.78 is 36.7. The minimum absolute atomic E-state index is 0.0182. The van der Waals surface area contributed by atoms with Crippen molar-refractivity contribution in [3.05, 3.63) is 71.8 Å².